The molecule has 0 radical (unpaired) electrons. The molecular weight excluding hydrogens is 380 g/mol. The predicted molar refractivity (Wildman–Crippen MR) is 114 cm³/mol. The number of hydrogen-bond acceptors (Lipinski definition) is 4. The SMILES string of the molecule is COC(=O)N1CCc2ccc(NC(=O)c3ccc(Oc4ccccc4)cc3)cc2C1. The van der Waals surface area contributed by atoms with Crippen molar-refractivity contribution in [1.29, 1.82) is 0 Å². The van der Waals surface area contributed by atoms with Gasteiger partial charge in [0, 0.05) is 24.3 Å². The fourth-order valence-electron chi connectivity index (χ4n) is 3.42. The van der Waals surface area contributed by atoms with Crippen molar-refractivity contribution in [2.24, 2.45) is 0 Å². The second-order valence-electron chi connectivity index (χ2n) is 7.02. The number of hydrogen-bond donors (Lipinski definition) is 1. The molecule has 152 valence electrons. The minimum Gasteiger partial charge on any atom is -0.457 e. The van der Waals surface area contributed by atoms with Crippen LogP contribution in [0.2, 0.25) is 0 Å². The Labute approximate surface area is 175 Å². The number of nitrogens with zero attached hydrogens (tertiary/aromatic N) is 1. The van der Waals surface area contributed by atoms with Crippen LogP contribution < -0.4 is 10.1 Å². The van der Waals surface area contributed by atoms with Crippen molar-refractivity contribution in [3.8, 4) is 11.5 Å². The van der Waals surface area contributed by atoms with Crippen molar-refractivity contribution < 1.29 is 19.1 Å². The van der Waals surface area contributed by atoms with Gasteiger partial charge in [-0.15, -0.1) is 0 Å². The Hall–Kier alpha value is -3.80. The van der Waals surface area contributed by atoms with Crippen molar-refractivity contribution in [3.63, 3.8) is 0 Å². The van der Waals surface area contributed by atoms with Gasteiger partial charge in [0.15, 0.2) is 0 Å². The lowest BCUT2D eigenvalue weighted by Gasteiger charge is -2.28. The summed E-state index contributed by atoms with van der Waals surface area (Å²) in [6, 6.07) is 22.3. The first-order chi connectivity index (χ1) is 14.6. The first-order valence-electron chi connectivity index (χ1n) is 9.71. The molecule has 0 fully saturated rings. The third-order valence-corrected chi connectivity index (χ3v) is 5.00. The fraction of sp³-hybridized carbons (Fsp3) is 0.167. The van der Waals surface area contributed by atoms with Gasteiger partial charge >= 0.3 is 6.09 Å². The second kappa shape index (κ2) is 8.69. The van der Waals surface area contributed by atoms with Gasteiger partial charge in [-0.3, -0.25) is 4.79 Å². The van der Waals surface area contributed by atoms with Gasteiger partial charge < -0.3 is 19.7 Å². The normalized spacial score (nSPS) is 12.6. The quantitative estimate of drug-likeness (QED) is 0.677. The summed E-state index contributed by atoms with van der Waals surface area (Å²) >= 11 is 0. The number of fused-ring (bicyclic) bond motifs is 1. The van der Waals surface area contributed by atoms with Gasteiger partial charge in [0.05, 0.1) is 7.11 Å². The molecule has 0 saturated heterocycles. The molecule has 6 nitrogen and oxygen atoms in total. The number of amides is 2. The van der Waals surface area contributed by atoms with Crippen molar-refractivity contribution in [1.82, 2.24) is 4.90 Å². The molecule has 6 heteroatoms. The number of nitrogens with one attached hydrogen (secondary N) is 1. The Bertz CT molecular complexity index is 1050. The van der Waals surface area contributed by atoms with Crippen LogP contribution in [0.5, 0.6) is 11.5 Å². The molecule has 1 N–H and O–H groups in total. The highest BCUT2D eigenvalue weighted by molar-refractivity contribution is 6.04. The zero-order chi connectivity index (χ0) is 20.9. The first kappa shape index (κ1) is 19.5. The van der Waals surface area contributed by atoms with Crippen LogP contribution in [-0.2, 0) is 17.7 Å². The van der Waals surface area contributed by atoms with E-state index in [1.165, 1.54) is 12.7 Å². The lowest BCUT2D eigenvalue weighted by atomic mass is 9.99. The minimum absolute atomic E-state index is 0.207. The maximum Gasteiger partial charge on any atom is 0.409 e. The Kier molecular flexibility index (Phi) is 5.66. The van der Waals surface area contributed by atoms with Gasteiger partial charge in [-0.1, -0.05) is 24.3 Å². The summed E-state index contributed by atoms with van der Waals surface area (Å²) in [5.74, 6) is 1.20. The summed E-state index contributed by atoms with van der Waals surface area (Å²) in [5, 5.41) is 2.92. The van der Waals surface area contributed by atoms with E-state index in [-0.39, 0.29) is 12.0 Å². The second-order valence-corrected chi connectivity index (χ2v) is 7.02. The number of methoxy groups -OCH3 is 1. The number of rotatable bonds is 4. The van der Waals surface area contributed by atoms with E-state index in [1.54, 1.807) is 29.2 Å². The van der Waals surface area contributed by atoms with Crippen LogP contribution in [0.3, 0.4) is 0 Å². The molecule has 0 aliphatic carbocycles. The number of para-hydroxylation sites is 1. The van der Waals surface area contributed by atoms with Crippen LogP contribution in [0.15, 0.2) is 72.8 Å². The molecule has 0 unspecified atom stereocenters. The summed E-state index contributed by atoms with van der Waals surface area (Å²) in [6.45, 7) is 1.10. The molecule has 30 heavy (non-hydrogen) atoms. The smallest absolute Gasteiger partial charge is 0.409 e. The van der Waals surface area contributed by atoms with Gasteiger partial charge in [-0.2, -0.15) is 0 Å². The summed E-state index contributed by atoms with van der Waals surface area (Å²) < 4.78 is 10.6. The molecule has 1 heterocycles. The van der Waals surface area contributed by atoms with Crippen LogP contribution in [0.4, 0.5) is 10.5 Å². The zero-order valence-electron chi connectivity index (χ0n) is 16.6. The van der Waals surface area contributed by atoms with E-state index in [4.69, 9.17) is 9.47 Å². The van der Waals surface area contributed by atoms with Crippen molar-refractivity contribution in [3.05, 3.63) is 89.5 Å². The monoisotopic (exact) mass is 402 g/mol. The average molecular weight is 402 g/mol. The largest absolute Gasteiger partial charge is 0.457 e. The summed E-state index contributed by atoms with van der Waals surface area (Å²) in [6.07, 6.45) is 0.426. The van der Waals surface area contributed by atoms with Crippen LogP contribution in [0.1, 0.15) is 21.5 Å². The van der Waals surface area contributed by atoms with Gasteiger partial charge in [-0.05, 0) is 66.1 Å². The Morgan fingerprint density at radius 1 is 0.900 bits per heavy atom. The van der Waals surface area contributed by atoms with E-state index in [1.807, 2.05) is 48.5 Å². The highest BCUT2D eigenvalue weighted by Gasteiger charge is 2.21. The van der Waals surface area contributed by atoms with Gasteiger partial charge in [0.25, 0.3) is 5.91 Å². The standard InChI is InChI=1S/C24H22N2O4/c1-29-24(28)26-14-13-17-7-10-20(15-19(17)16-26)25-23(27)18-8-11-22(12-9-18)30-21-5-3-2-4-6-21/h2-12,15H,13-14,16H2,1H3,(H,25,27). The van der Waals surface area contributed by atoms with Crippen molar-refractivity contribution >= 4 is 17.7 Å². The van der Waals surface area contributed by atoms with E-state index in [2.05, 4.69) is 5.32 Å². The lowest BCUT2D eigenvalue weighted by Crippen LogP contribution is -2.35. The first-order valence-corrected chi connectivity index (χ1v) is 9.71. The Balaban J connectivity index is 1.42. The number of carbonyl (C=O) groups excluding carboxylic acids is 2. The van der Waals surface area contributed by atoms with Crippen molar-refractivity contribution in [2.45, 2.75) is 13.0 Å². The predicted octanol–water partition coefficient (Wildman–Crippen LogP) is 4.86. The van der Waals surface area contributed by atoms with Gasteiger partial charge in [0.2, 0.25) is 0 Å². The van der Waals surface area contributed by atoms with Crippen LogP contribution in [0, 0.1) is 0 Å². The number of carbonyl (C=O) groups is 2. The molecule has 4 rings (SSSR count). The van der Waals surface area contributed by atoms with E-state index in [0.717, 1.165) is 17.7 Å². The maximum atomic E-state index is 12.6. The lowest BCUT2D eigenvalue weighted by molar-refractivity contribution is 0.102. The van der Waals surface area contributed by atoms with Crippen LogP contribution in [0.25, 0.3) is 0 Å². The average Bonchev–Trinajstić information content (AvgIpc) is 2.79. The molecule has 3 aromatic rings. The topological polar surface area (TPSA) is 67.9 Å². The van der Waals surface area contributed by atoms with Crippen LogP contribution >= 0.6 is 0 Å². The van der Waals surface area contributed by atoms with E-state index >= 15 is 0 Å². The van der Waals surface area contributed by atoms with Crippen molar-refractivity contribution in [2.75, 3.05) is 19.0 Å². The fourth-order valence-corrected chi connectivity index (χ4v) is 3.42. The highest BCUT2D eigenvalue weighted by Crippen LogP contribution is 2.24. The molecule has 3 aromatic carbocycles. The Morgan fingerprint density at radius 3 is 2.37 bits per heavy atom. The molecule has 0 bridgehead atoms. The summed E-state index contributed by atoms with van der Waals surface area (Å²) in [4.78, 5) is 26.1. The van der Waals surface area contributed by atoms with Gasteiger partial charge in [-0.25, -0.2) is 4.79 Å². The zero-order valence-corrected chi connectivity index (χ0v) is 16.6. The molecule has 0 saturated carbocycles. The third kappa shape index (κ3) is 4.43. The van der Waals surface area contributed by atoms with Gasteiger partial charge in [0.1, 0.15) is 11.5 Å². The summed E-state index contributed by atoms with van der Waals surface area (Å²) in [7, 11) is 1.38. The number of ether oxygens (including phenoxy) is 2. The van der Waals surface area contributed by atoms with E-state index in [9.17, 15) is 9.59 Å². The minimum atomic E-state index is -0.340. The molecule has 0 aromatic heterocycles. The molecule has 0 atom stereocenters. The number of anilines is 1. The Morgan fingerprint density at radius 2 is 1.63 bits per heavy atom. The highest BCUT2D eigenvalue weighted by atomic mass is 16.5. The van der Waals surface area contributed by atoms with E-state index in [0.29, 0.717) is 30.1 Å². The molecule has 1 aliphatic rings. The van der Waals surface area contributed by atoms with Crippen LogP contribution in [-0.4, -0.2) is 30.6 Å². The summed E-state index contributed by atoms with van der Waals surface area (Å²) in [5.41, 5.74) is 3.41. The maximum absolute atomic E-state index is 12.6. The molecule has 1 aliphatic heterocycles. The molecule has 2 amide bonds. The van der Waals surface area contributed by atoms with E-state index < -0.39 is 0 Å². The molecule has 0 spiro atoms. The number of benzene rings is 3. The molecular formula is C24H22N2O4. The third-order valence-electron chi connectivity index (χ3n) is 5.00.